The van der Waals surface area contributed by atoms with Crippen molar-refractivity contribution in [2.45, 2.75) is 65.0 Å². The van der Waals surface area contributed by atoms with Crippen LogP contribution < -0.4 is 15.0 Å². The summed E-state index contributed by atoms with van der Waals surface area (Å²) in [5, 5.41) is 3.13. The lowest BCUT2D eigenvalue weighted by Gasteiger charge is -2.43. The highest BCUT2D eigenvalue weighted by Crippen LogP contribution is 2.44. The number of carbonyl (C=O) groups excluding carboxylic acids is 2. The standard InChI is InChI=1S/C32H37N3O4/c1-21(2)19-35-26-18-25(22-10-7-6-8-11-22)28(33-29(26)38-20-27(35)36)23-12-14-24(15-13-23)32(16-9-17-32)34-30(37)39-31(3,4)5/h6-8,10-15,18,21H,9,16-17,19-20H2,1-5H3,(H,34,37). The normalized spacial score (nSPS) is 16.3. The Labute approximate surface area is 230 Å². The molecule has 1 aliphatic carbocycles. The molecule has 1 N–H and O–H groups in total. The molecule has 0 radical (unpaired) electrons. The summed E-state index contributed by atoms with van der Waals surface area (Å²) in [6, 6.07) is 20.3. The minimum absolute atomic E-state index is 0.0192. The van der Waals surface area contributed by atoms with Crippen LogP contribution in [0.15, 0.2) is 60.7 Å². The van der Waals surface area contributed by atoms with Gasteiger partial charge in [-0.15, -0.1) is 0 Å². The average Bonchev–Trinajstić information content (AvgIpc) is 2.87. The second kappa shape index (κ2) is 10.4. The maximum atomic E-state index is 12.7. The molecule has 5 rings (SSSR count). The molecule has 0 spiro atoms. The van der Waals surface area contributed by atoms with Crippen molar-refractivity contribution < 1.29 is 19.1 Å². The lowest BCUT2D eigenvalue weighted by atomic mass is 9.71. The number of benzene rings is 2. The molecule has 1 fully saturated rings. The lowest BCUT2D eigenvalue weighted by molar-refractivity contribution is -0.121. The number of aromatic nitrogens is 1. The number of carbonyl (C=O) groups is 2. The van der Waals surface area contributed by atoms with Crippen molar-refractivity contribution in [1.82, 2.24) is 10.3 Å². The second-order valence-electron chi connectivity index (χ2n) is 11.9. The highest BCUT2D eigenvalue weighted by atomic mass is 16.6. The largest absolute Gasteiger partial charge is 0.466 e. The van der Waals surface area contributed by atoms with E-state index in [9.17, 15) is 9.59 Å². The van der Waals surface area contributed by atoms with Gasteiger partial charge in [0.2, 0.25) is 5.88 Å². The van der Waals surface area contributed by atoms with Crippen LogP contribution in [0, 0.1) is 5.92 Å². The number of nitrogens with one attached hydrogen (secondary N) is 1. The SMILES string of the molecule is CC(C)CN1C(=O)COc2nc(-c3ccc(C4(NC(=O)OC(C)(C)C)CCC4)cc3)c(-c3ccccc3)cc21. The number of hydrogen-bond donors (Lipinski definition) is 1. The van der Waals surface area contributed by atoms with Crippen LogP contribution in [0.5, 0.6) is 5.88 Å². The third-order valence-corrected chi connectivity index (χ3v) is 7.18. The van der Waals surface area contributed by atoms with Gasteiger partial charge in [0.15, 0.2) is 6.61 Å². The van der Waals surface area contributed by atoms with E-state index in [4.69, 9.17) is 14.5 Å². The topological polar surface area (TPSA) is 80.8 Å². The fraction of sp³-hybridized carbons (Fsp3) is 0.406. The van der Waals surface area contributed by atoms with Gasteiger partial charge in [-0.1, -0.05) is 68.4 Å². The third-order valence-electron chi connectivity index (χ3n) is 7.18. The molecule has 1 saturated carbocycles. The van der Waals surface area contributed by atoms with Gasteiger partial charge in [-0.2, -0.15) is 0 Å². The van der Waals surface area contributed by atoms with Crippen LogP contribution in [0.4, 0.5) is 10.5 Å². The zero-order valence-electron chi connectivity index (χ0n) is 23.4. The molecule has 2 amide bonds. The van der Waals surface area contributed by atoms with Crippen molar-refractivity contribution >= 4 is 17.7 Å². The zero-order valence-corrected chi connectivity index (χ0v) is 23.4. The Morgan fingerprint density at radius 3 is 2.36 bits per heavy atom. The van der Waals surface area contributed by atoms with Crippen LogP contribution in [0.2, 0.25) is 0 Å². The molecular weight excluding hydrogens is 490 g/mol. The fourth-order valence-corrected chi connectivity index (χ4v) is 5.21. The van der Waals surface area contributed by atoms with Gasteiger partial charge in [0.1, 0.15) is 11.3 Å². The molecule has 0 atom stereocenters. The number of anilines is 1. The van der Waals surface area contributed by atoms with Gasteiger partial charge >= 0.3 is 6.09 Å². The van der Waals surface area contributed by atoms with Crippen molar-refractivity contribution in [2.75, 3.05) is 18.1 Å². The predicted octanol–water partition coefficient (Wildman–Crippen LogP) is 6.70. The van der Waals surface area contributed by atoms with E-state index in [0.29, 0.717) is 24.0 Å². The number of pyridine rings is 1. The smallest absolute Gasteiger partial charge is 0.408 e. The number of hydrogen-bond acceptors (Lipinski definition) is 5. The first-order valence-electron chi connectivity index (χ1n) is 13.7. The van der Waals surface area contributed by atoms with Crippen molar-refractivity contribution in [3.63, 3.8) is 0 Å². The Bertz CT molecular complexity index is 1360. The van der Waals surface area contributed by atoms with E-state index in [2.05, 4.69) is 31.3 Å². The summed E-state index contributed by atoms with van der Waals surface area (Å²) in [6.45, 7) is 10.4. The quantitative estimate of drug-likeness (QED) is 0.386. The first-order valence-corrected chi connectivity index (χ1v) is 13.7. The molecular formula is C32H37N3O4. The number of alkyl carbamates (subject to hydrolysis) is 1. The molecule has 204 valence electrons. The number of fused-ring (bicyclic) bond motifs is 1. The maximum absolute atomic E-state index is 12.7. The Kier molecular flexibility index (Phi) is 7.10. The van der Waals surface area contributed by atoms with Crippen LogP contribution in [-0.2, 0) is 15.1 Å². The first kappa shape index (κ1) is 26.7. The summed E-state index contributed by atoms with van der Waals surface area (Å²) < 4.78 is 11.4. The molecule has 3 aromatic rings. The Morgan fingerprint density at radius 2 is 1.77 bits per heavy atom. The van der Waals surface area contributed by atoms with Gasteiger partial charge in [-0.3, -0.25) is 4.79 Å². The highest BCUT2D eigenvalue weighted by molar-refractivity contribution is 5.99. The van der Waals surface area contributed by atoms with Crippen LogP contribution in [0.3, 0.4) is 0 Å². The summed E-state index contributed by atoms with van der Waals surface area (Å²) >= 11 is 0. The Hall–Kier alpha value is -3.87. The van der Waals surface area contributed by atoms with Crippen molar-refractivity contribution in [3.8, 4) is 28.3 Å². The molecule has 7 heteroatoms. The Balaban J connectivity index is 1.52. The van der Waals surface area contributed by atoms with Crippen molar-refractivity contribution in [1.29, 1.82) is 0 Å². The van der Waals surface area contributed by atoms with E-state index in [1.807, 2.05) is 69.3 Å². The number of amides is 2. The number of rotatable bonds is 6. The van der Waals surface area contributed by atoms with Gasteiger partial charge in [0, 0.05) is 17.7 Å². The number of nitrogens with zero attached hydrogens (tertiary/aromatic N) is 2. The van der Waals surface area contributed by atoms with Crippen LogP contribution >= 0.6 is 0 Å². The zero-order chi connectivity index (χ0) is 27.8. The Morgan fingerprint density at radius 1 is 1.08 bits per heavy atom. The summed E-state index contributed by atoms with van der Waals surface area (Å²) in [5.74, 6) is 0.717. The maximum Gasteiger partial charge on any atom is 0.408 e. The van der Waals surface area contributed by atoms with Gasteiger partial charge in [-0.05, 0) is 63.1 Å². The van der Waals surface area contributed by atoms with Crippen molar-refractivity contribution in [3.05, 3.63) is 66.2 Å². The summed E-state index contributed by atoms with van der Waals surface area (Å²) in [6.07, 6.45) is 2.38. The molecule has 39 heavy (non-hydrogen) atoms. The summed E-state index contributed by atoms with van der Waals surface area (Å²) in [7, 11) is 0. The summed E-state index contributed by atoms with van der Waals surface area (Å²) in [5.41, 5.74) is 4.43. The number of ether oxygens (including phenoxy) is 2. The molecule has 0 saturated heterocycles. The van der Waals surface area contributed by atoms with E-state index < -0.39 is 17.2 Å². The second-order valence-corrected chi connectivity index (χ2v) is 11.9. The predicted molar refractivity (Wildman–Crippen MR) is 153 cm³/mol. The van der Waals surface area contributed by atoms with Gasteiger partial charge in [0.05, 0.1) is 11.2 Å². The van der Waals surface area contributed by atoms with Crippen LogP contribution in [0.1, 0.15) is 59.4 Å². The fourth-order valence-electron chi connectivity index (χ4n) is 5.21. The summed E-state index contributed by atoms with van der Waals surface area (Å²) in [4.78, 5) is 32.1. The van der Waals surface area contributed by atoms with E-state index >= 15 is 0 Å². The monoisotopic (exact) mass is 527 g/mol. The third kappa shape index (κ3) is 5.63. The molecule has 1 aliphatic heterocycles. The first-order chi connectivity index (χ1) is 18.5. The molecule has 0 bridgehead atoms. The molecule has 0 unspecified atom stereocenters. The molecule has 2 aromatic carbocycles. The molecule has 2 aliphatic rings. The highest BCUT2D eigenvalue weighted by Gasteiger charge is 2.41. The average molecular weight is 528 g/mol. The molecule has 2 heterocycles. The molecule has 7 nitrogen and oxygen atoms in total. The van der Waals surface area contributed by atoms with Gasteiger partial charge < -0.3 is 19.7 Å². The molecule has 1 aromatic heterocycles. The van der Waals surface area contributed by atoms with Crippen molar-refractivity contribution in [2.24, 2.45) is 5.92 Å². The van der Waals surface area contributed by atoms with Crippen LogP contribution in [-0.4, -0.2) is 35.7 Å². The van der Waals surface area contributed by atoms with E-state index in [-0.39, 0.29) is 12.5 Å². The van der Waals surface area contributed by atoms with Gasteiger partial charge in [-0.25, -0.2) is 9.78 Å². The van der Waals surface area contributed by atoms with E-state index in [1.165, 1.54) is 0 Å². The van der Waals surface area contributed by atoms with Crippen LogP contribution in [0.25, 0.3) is 22.4 Å². The van der Waals surface area contributed by atoms with E-state index in [0.717, 1.165) is 47.2 Å². The minimum Gasteiger partial charge on any atom is -0.466 e. The van der Waals surface area contributed by atoms with E-state index in [1.54, 1.807) is 4.90 Å². The van der Waals surface area contributed by atoms with Gasteiger partial charge in [0.25, 0.3) is 5.91 Å². The minimum atomic E-state index is -0.553. The lowest BCUT2D eigenvalue weighted by Crippen LogP contribution is -2.52.